The van der Waals surface area contributed by atoms with Gasteiger partial charge in [0.15, 0.2) is 0 Å². The predicted molar refractivity (Wildman–Crippen MR) is 61.6 cm³/mol. The number of hydrogen-bond acceptors (Lipinski definition) is 2. The van der Waals surface area contributed by atoms with Gasteiger partial charge in [-0.25, -0.2) is 0 Å². The Morgan fingerprint density at radius 3 is 2.07 bits per heavy atom. The molecule has 0 saturated heterocycles. The van der Waals surface area contributed by atoms with Gasteiger partial charge in [-0.05, 0) is 37.8 Å². The summed E-state index contributed by atoms with van der Waals surface area (Å²) in [5.41, 5.74) is 7.65. The van der Waals surface area contributed by atoms with Gasteiger partial charge < -0.3 is 10.8 Å². The van der Waals surface area contributed by atoms with Crippen LogP contribution in [0.3, 0.4) is 0 Å². The van der Waals surface area contributed by atoms with E-state index in [-0.39, 0.29) is 5.41 Å². The molecule has 0 amide bonds. The van der Waals surface area contributed by atoms with E-state index >= 15 is 0 Å². The van der Waals surface area contributed by atoms with Gasteiger partial charge in [-0.1, -0.05) is 24.3 Å². The first-order chi connectivity index (χ1) is 6.98. The molecule has 0 heterocycles. The largest absolute Gasteiger partial charge is 0.390 e. The van der Waals surface area contributed by atoms with E-state index in [9.17, 15) is 5.11 Å². The normalized spacial score (nSPS) is 18.9. The molecule has 15 heavy (non-hydrogen) atoms. The molecule has 0 atom stereocenters. The number of benzene rings is 1. The van der Waals surface area contributed by atoms with Gasteiger partial charge >= 0.3 is 0 Å². The Morgan fingerprint density at radius 1 is 1.27 bits per heavy atom. The number of fused-ring (bicyclic) bond motifs is 1. The maximum absolute atomic E-state index is 10.3. The third-order valence-electron chi connectivity index (χ3n) is 3.86. The zero-order chi connectivity index (χ0) is 11.1. The molecule has 1 aromatic carbocycles. The van der Waals surface area contributed by atoms with E-state index in [1.165, 1.54) is 11.1 Å². The molecule has 0 bridgehead atoms. The maximum Gasteiger partial charge on any atom is 0.0666 e. The standard InChI is InChI=1S/C13H19NO/c1-12(2,15)13(9-14)7-10-5-3-4-6-11(10)8-13/h3-6,15H,7-9,14H2,1-2H3. The molecule has 0 spiro atoms. The van der Waals surface area contributed by atoms with Crippen molar-refractivity contribution in [3.63, 3.8) is 0 Å². The molecule has 0 radical (unpaired) electrons. The van der Waals surface area contributed by atoms with Crippen LogP contribution >= 0.6 is 0 Å². The lowest BCUT2D eigenvalue weighted by Gasteiger charge is -2.39. The Kier molecular flexibility index (Phi) is 2.36. The van der Waals surface area contributed by atoms with Crippen LogP contribution in [0.25, 0.3) is 0 Å². The highest BCUT2D eigenvalue weighted by Crippen LogP contribution is 2.43. The van der Waals surface area contributed by atoms with Crippen molar-refractivity contribution in [3.8, 4) is 0 Å². The van der Waals surface area contributed by atoms with Crippen LogP contribution in [0.15, 0.2) is 24.3 Å². The van der Waals surface area contributed by atoms with Crippen molar-refractivity contribution in [1.82, 2.24) is 0 Å². The number of hydrogen-bond donors (Lipinski definition) is 2. The van der Waals surface area contributed by atoms with Crippen molar-refractivity contribution in [3.05, 3.63) is 35.4 Å². The van der Waals surface area contributed by atoms with Crippen molar-refractivity contribution in [2.24, 2.45) is 11.1 Å². The molecule has 1 aliphatic carbocycles. The molecule has 82 valence electrons. The summed E-state index contributed by atoms with van der Waals surface area (Å²) in [5, 5.41) is 10.3. The molecule has 1 aromatic rings. The second kappa shape index (κ2) is 3.32. The number of aliphatic hydroxyl groups is 1. The van der Waals surface area contributed by atoms with Crippen LogP contribution in [-0.2, 0) is 12.8 Å². The molecule has 3 N–H and O–H groups in total. The zero-order valence-corrected chi connectivity index (χ0v) is 9.46. The molecule has 1 aliphatic rings. The van der Waals surface area contributed by atoms with Gasteiger partial charge in [0, 0.05) is 12.0 Å². The molecule has 0 saturated carbocycles. The van der Waals surface area contributed by atoms with Crippen LogP contribution in [0.4, 0.5) is 0 Å². The zero-order valence-electron chi connectivity index (χ0n) is 9.46. The van der Waals surface area contributed by atoms with E-state index in [2.05, 4.69) is 24.3 Å². The Morgan fingerprint density at radius 2 is 1.73 bits per heavy atom. The van der Waals surface area contributed by atoms with E-state index in [4.69, 9.17) is 5.73 Å². The van der Waals surface area contributed by atoms with Gasteiger partial charge in [0.05, 0.1) is 5.60 Å². The van der Waals surface area contributed by atoms with E-state index in [0.29, 0.717) is 6.54 Å². The number of nitrogens with two attached hydrogens (primary N) is 1. The minimum absolute atomic E-state index is 0.184. The highest BCUT2D eigenvalue weighted by Gasteiger charge is 2.46. The molecule has 0 aromatic heterocycles. The van der Waals surface area contributed by atoms with Crippen LogP contribution in [0.5, 0.6) is 0 Å². The third kappa shape index (κ3) is 1.58. The van der Waals surface area contributed by atoms with E-state index in [1.807, 2.05) is 13.8 Å². The molecule has 0 fully saturated rings. The molecular weight excluding hydrogens is 186 g/mol. The second-order valence-electron chi connectivity index (χ2n) is 5.17. The SMILES string of the molecule is CC(C)(O)C1(CN)Cc2ccccc2C1. The van der Waals surface area contributed by atoms with Gasteiger partial charge in [0.1, 0.15) is 0 Å². The van der Waals surface area contributed by atoms with Crippen LogP contribution in [0, 0.1) is 5.41 Å². The lowest BCUT2D eigenvalue weighted by atomic mass is 9.71. The summed E-state index contributed by atoms with van der Waals surface area (Å²) >= 11 is 0. The van der Waals surface area contributed by atoms with Crippen molar-refractivity contribution < 1.29 is 5.11 Å². The van der Waals surface area contributed by atoms with Crippen LogP contribution in [-0.4, -0.2) is 17.3 Å². The summed E-state index contributed by atoms with van der Waals surface area (Å²) in [6.07, 6.45) is 1.78. The molecule has 2 nitrogen and oxygen atoms in total. The molecule has 2 rings (SSSR count). The topological polar surface area (TPSA) is 46.2 Å². The third-order valence-corrected chi connectivity index (χ3v) is 3.86. The quantitative estimate of drug-likeness (QED) is 0.768. The lowest BCUT2D eigenvalue weighted by Crippen LogP contribution is -2.49. The van der Waals surface area contributed by atoms with Crippen LogP contribution in [0.1, 0.15) is 25.0 Å². The summed E-state index contributed by atoms with van der Waals surface area (Å²) in [5.74, 6) is 0. The fraction of sp³-hybridized carbons (Fsp3) is 0.538. The first kappa shape index (κ1) is 10.7. The highest BCUT2D eigenvalue weighted by molar-refractivity contribution is 5.35. The van der Waals surface area contributed by atoms with Crippen molar-refractivity contribution in [2.45, 2.75) is 32.3 Å². The fourth-order valence-electron chi connectivity index (χ4n) is 2.52. The second-order valence-corrected chi connectivity index (χ2v) is 5.17. The summed E-state index contributed by atoms with van der Waals surface area (Å²) in [6.45, 7) is 4.27. The van der Waals surface area contributed by atoms with Gasteiger partial charge in [-0.3, -0.25) is 0 Å². The number of rotatable bonds is 2. The average molecular weight is 205 g/mol. The molecular formula is C13H19NO. The van der Waals surface area contributed by atoms with Gasteiger partial charge in [0.25, 0.3) is 0 Å². The minimum atomic E-state index is -0.721. The summed E-state index contributed by atoms with van der Waals surface area (Å²) in [4.78, 5) is 0. The van der Waals surface area contributed by atoms with E-state index in [0.717, 1.165) is 12.8 Å². The van der Waals surface area contributed by atoms with Gasteiger partial charge in [-0.2, -0.15) is 0 Å². The Bertz CT molecular complexity index is 340. The van der Waals surface area contributed by atoms with Crippen LogP contribution in [0.2, 0.25) is 0 Å². The predicted octanol–water partition coefficient (Wildman–Crippen LogP) is 1.50. The summed E-state index contributed by atoms with van der Waals surface area (Å²) in [7, 11) is 0. The average Bonchev–Trinajstić information content (AvgIpc) is 2.56. The first-order valence-electron chi connectivity index (χ1n) is 5.48. The fourth-order valence-corrected chi connectivity index (χ4v) is 2.52. The first-order valence-corrected chi connectivity index (χ1v) is 5.48. The van der Waals surface area contributed by atoms with Gasteiger partial charge in [0.2, 0.25) is 0 Å². The van der Waals surface area contributed by atoms with Crippen LogP contribution < -0.4 is 5.73 Å². The van der Waals surface area contributed by atoms with Crippen molar-refractivity contribution in [2.75, 3.05) is 6.54 Å². The van der Waals surface area contributed by atoms with E-state index < -0.39 is 5.60 Å². The smallest absolute Gasteiger partial charge is 0.0666 e. The summed E-state index contributed by atoms with van der Waals surface area (Å²) in [6, 6.07) is 8.38. The highest BCUT2D eigenvalue weighted by atomic mass is 16.3. The Labute approximate surface area is 91.1 Å². The Hall–Kier alpha value is -0.860. The minimum Gasteiger partial charge on any atom is -0.390 e. The lowest BCUT2D eigenvalue weighted by molar-refractivity contribution is -0.0451. The van der Waals surface area contributed by atoms with Crippen molar-refractivity contribution in [1.29, 1.82) is 0 Å². The molecule has 2 heteroatoms. The van der Waals surface area contributed by atoms with E-state index in [1.54, 1.807) is 0 Å². The maximum atomic E-state index is 10.3. The Balaban J connectivity index is 2.38. The van der Waals surface area contributed by atoms with Gasteiger partial charge in [-0.15, -0.1) is 0 Å². The molecule has 0 aliphatic heterocycles. The monoisotopic (exact) mass is 205 g/mol. The van der Waals surface area contributed by atoms with Crippen molar-refractivity contribution >= 4 is 0 Å². The summed E-state index contributed by atoms with van der Waals surface area (Å²) < 4.78 is 0. The molecule has 0 unspecified atom stereocenters.